The highest BCUT2D eigenvalue weighted by molar-refractivity contribution is 7.20. The minimum absolute atomic E-state index is 0.151. The van der Waals surface area contributed by atoms with Gasteiger partial charge in [0, 0.05) is 6.04 Å². The number of aromatic amines is 1. The molecule has 2 N–H and O–H groups in total. The van der Waals surface area contributed by atoms with Crippen LogP contribution in [-0.4, -0.2) is 34.0 Å². The van der Waals surface area contributed by atoms with Crippen molar-refractivity contribution in [1.82, 2.24) is 15.3 Å². The summed E-state index contributed by atoms with van der Waals surface area (Å²) in [6.07, 6.45) is 5.68. The van der Waals surface area contributed by atoms with Crippen LogP contribution < -0.4 is 10.9 Å². The predicted octanol–water partition coefficient (Wildman–Crippen LogP) is 2.99. The molecule has 1 amide bonds. The van der Waals surface area contributed by atoms with Crippen LogP contribution in [0.25, 0.3) is 10.2 Å². The molecule has 7 nitrogen and oxygen atoms in total. The Labute approximate surface area is 161 Å². The van der Waals surface area contributed by atoms with Gasteiger partial charge in [0.1, 0.15) is 15.5 Å². The Hall–Kier alpha value is -2.22. The summed E-state index contributed by atoms with van der Waals surface area (Å²) in [4.78, 5) is 44.8. The zero-order valence-corrected chi connectivity index (χ0v) is 16.7. The molecule has 27 heavy (non-hydrogen) atoms. The van der Waals surface area contributed by atoms with Crippen molar-refractivity contribution in [2.75, 3.05) is 0 Å². The normalized spacial score (nSPS) is 16.7. The van der Waals surface area contributed by atoms with E-state index in [-0.39, 0.29) is 17.5 Å². The van der Waals surface area contributed by atoms with E-state index >= 15 is 0 Å². The van der Waals surface area contributed by atoms with Gasteiger partial charge in [-0.05, 0) is 39.2 Å². The first-order valence-corrected chi connectivity index (χ1v) is 10.2. The van der Waals surface area contributed by atoms with Gasteiger partial charge in [-0.1, -0.05) is 25.7 Å². The lowest BCUT2D eigenvalue weighted by molar-refractivity contribution is -0.129. The Balaban J connectivity index is 1.70. The number of nitrogens with zero attached hydrogens (tertiary/aromatic N) is 1. The number of hydrogen-bond acceptors (Lipinski definition) is 6. The van der Waals surface area contributed by atoms with Gasteiger partial charge < -0.3 is 15.0 Å². The van der Waals surface area contributed by atoms with Gasteiger partial charge in [0.2, 0.25) is 0 Å². The van der Waals surface area contributed by atoms with Gasteiger partial charge in [0.15, 0.2) is 6.10 Å². The van der Waals surface area contributed by atoms with E-state index in [1.807, 2.05) is 0 Å². The number of carbonyl (C=O) groups is 2. The number of nitrogens with one attached hydrogen (secondary N) is 2. The Kier molecular flexibility index (Phi) is 5.94. The quantitative estimate of drug-likeness (QED) is 0.616. The van der Waals surface area contributed by atoms with Crippen LogP contribution >= 0.6 is 11.3 Å². The molecular weight excluding hydrogens is 366 g/mol. The summed E-state index contributed by atoms with van der Waals surface area (Å²) in [5, 5.41) is 3.39. The van der Waals surface area contributed by atoms with Crippen molar-refractivity contribution in [3.05, 3.63) is 26.6 Å². The van der Waals surface area contributed by atoms with E-state index in [9.17, 15) is 14.4 Å². The average molecular weight is 391 g/mol. The molecule has 0 spiro atoms. The molecule has 0 aliphatic heterocycles. The number of rotatable bonds is 4. The Morgan fingerprint density at radius 1 is 1.22 bits per heavy atom. The maximum absolute atomic E-state index is 12.6. The maximum atomic E-state index is 12.6. The van der Waals surface area contributed by atoms with Crippen LogP contribution in [0.1, 0.15) is 66.5 Å². The fraction of sp³-hybridized carbons (Fsp3) is 0.579. The summed E-state index contributed by atoms with van der Waals surface area (Å²) in [6.45, 7) is 4.95. The third-order valence-electron chi connectivity index (χ3n) is 4.96. The molecule has 0 aromatic carbocycles. The predicted molar refractivity (Wildman–Crippen MR) is 104 cm³/mol. The third-order valence-corrected chi connectivity index (χ3v) is 6.12. The highest BCUT2D eigenvalue weighted by Gasteiger charge is 2.25. The van der Waals surface area contributed by atoms with Crippen LogP contribution in [0, 0.1) is 13.8 Å². The Bertz CT molecular complexity index is 910. The van der Waals surface area contributed by atoms with Gasteiger partial charge in [-0.25, -0.2) is 9.78 Å². The number of H-pyrrole nitrogens is 1. The number of fused-ring (bicyclic) bond motifs is 1. The van der Waals surface area contributed by atoms with Crippen molar-refractivity contribution < 1.29 is 14.3 Å². The van der Waals surface area contributed by atoms with Crippen molar-refractivity contribution in [3.63, 3.8) is 0 Å². The third kappa shape index (κ3) is 4.37. The second-order valence-corrected chi connectivity index (χ2v) is 8.13. The number of aromatic nitrogens is 2. The zero-order valence-electron chi connectivity index (χ0n) is 15.9. The summed E-state index contributed by atoms with van der Waals surface area (Å²) in [6, 6.07) is 0.151. The van der Waals surface area contributed by atoms with Crippen molar-refractivity contribution in [3.8, 4) is 0 Å². The summed E-state index contributed by atoms with van der Waals surface area (Å²) in [7, 11) is 0. The molecule has 1 aliphatic carbocycles. The molecule has 0 bridgehead atoms. The first-order chi connectivity index (χ1) is 12.9. The molecule has 0 saturated heterocycles. The molecule has 2 heterocycles. The Morgan fingerprint density at radius 2 is 1.89 bits per heavy atom. The van der Waals surface area contributed by atoms with E-state index in [0.717, 1.165) is 37.0 Å². The average Bonchev–Trinajstić information content (AvgIpc) is 2.77. The van der Waals surface area contributed by atoms with Gasteiger partial charge in [-0.15, -0.1) is 11.3 Å². The number of ether oxygens (including phenoxy) is 1. The van der Waals surface area contributed by atoms with E-state index in [1.54, 1.807) is 20.8 Å². The maximum Gasteiger partial charge on any atom is 0.349 e. The van der Waals surface area contributed by atoms with E-state index < -0.39 is 12.1 Å². The smallest absolute Gasteiger partial charge is 0.349 e. The summed E-state index contributed by atoms with van der Waals surface area (Å²) in [5.41, 5.74) is 0.259. The van der Waals surface area contributed by atoms with Crippen molar-refractivity contribution in [1.29, 1.82) is 0 Å². The molecule has 1 saturated carbocycles. The second-order valence-electron chi connectivity index (χ2n) is 7.13. The molecule has 1 fully saturated rings. The molecule has 146 valence electrons. The van der Waals surface area contributed by atoms with Gasteiger partial charge in [-0.2, -0.15) is 0 Å². The zero-order chi connectivity index (χ0) is 19.6. The van der Waals surface area contributed by atoms with E-state index in [2.05, 4.69) is 15.3 Å². The fourth-order valence-corrected chi connectivity index (χ4v) is 4.57. The second kappa shape index (κ2) is 8.21. The molecule has 0 radical (unpaired) electrons. The first kappa shape index (κ1) is 19.5. The molecule has 2 aromatic heterocycles. The van der Waals surface area contributed by atoms with Gasteiger partial charge in [0.05, 0.1) is 5.39 Å². The summed E-state index contributed by atoms with van der Waals surface area (Å²) < 4.78 is 5.37. The number of hydrogen-bond donors (Lipinski definition) is 2. The molecular formula is C19H25N3O4S. The molecule has 1 aliphatic rings. The van der Waals surface area contributed by atoms with Crippen LogP contribution in [0.15, 0.2) is 4.79 Å². The van der Waals surface area contributed by atoms with Crippen molar-refractivity contribution in [2.24, 2.45) is 0 Å². The highest BCUT2D eigenvalue weighted by Crippen LogP contribution is 2.28. The molecule has 2 aromatic rings. The minimum Gasteiger partial charge on any atom is -0.448 e. The molecule has 1 atom stereocenters. The van der Waals surface area contributed by atoms with Crippen LogP contribution in [0.5, 0.6) is 0 Å². The van der Waals surface area contributed by atoms with E-state index in [1.165, 1.54) is 12.8 Å². The van der Waals surface area contributed by atoms with Crippen LogP contribution in [0.4, 0.5) is 0 Å². The number of thiophene rings is 1. The van der Waals surface area contributed by atoms with Gasteiger partial charge in [0.25, 0.3) is 11.5 Å². The fourth-order valence-electron chi connectivity index (χ4n) is 3.46. The number of carbonyl (C=O) groups excluding carboxylic acids is 2. The van der Waals surface area contributed by atoms with Crippen molar-refractivity contribution in [2.45, 2.75) is 71.4 Å². The highest BCUT2D eigenvalue weighted by atomic mass is 32.1. The molecule has 3 rings (SSSR count). The topological polar surface area (TPSA) is 101 Å². The largest absolute Gasteiger partial charge is 0.448 e. The monoisotopic (exact) mass is 391 g/mol. The van der Waals surface area contributed by atoms with Crippen LogP contribution in [0.2, 0.25) is 0 Å². The number of amides is 1. The lowest BCUT2D eigenvalue weighted by Gasteiger charge is -2.19. The Morgan fingerprint density at radius 3 is 2.56 bits per heavy atom. The minimum atomic E-state index is -0.890. The van der Waals surface area contributed by atoms with E-state index in [4.69, 9.17) is 4.74 Å². The van der Waals surface area contributed by atoms with Gasteiger partial charge >= 0.3 is 5.97 Å². The summed E-state index contributed by atoms with van der Waals surface area (Å²) in [5.74, 6) is -0.387. The SMILES string of the molecule is Cc1nc2sc(C(=O)O[C@H](C)C(=O)NC3CCCCCC3)c(C)c2c(=O)[nH]1. The molecule has 8 heteroatoms. The van der Waals surface area contributed by atoms with Crippen LogP contribution in [-0.2, 0) is 9.53 Å². The summed E-state index contributed by atoms with van der Waals surface area (Å²) >= 11 is 1.12. The van der Waals surface area contributed by atoms with Crippen molar-refractivity contribution >= 4 is 33.4 Å². The van der Waals surface area contributed by atoms with Crippen LogP contribution in [0.3, 0.4) is 0 Å². The first-order valence-electron chi connectivity index (χ1n) is 9.38. The lowest BCUT2D eigenvalue weighted by Crippen LogP contribution is -2.41. The van der Waals surface area contributed by atoms with E-state index in [0.29, 0.717) is 26.5 Å². The number of aryl methyl sites for hydroxylation is 2. The lowest BCUT2D eigenvalue weighted by atomic mass is 10.1. The molecule has 0 unspecified atom stereocenters. The number of esters is 1. The standard InChI is InChI=1S/C19H25N3O4S/c1-10-14-17(24)20-12(3)21-18(14)27-15(10)19(25)26-11(2)16(23)22-13-8-6-4-5-7-9-13/h11,13H,4-9H2,1-3H3,(H,22,23)(H,20,21,24)/t11-/m1/s1. The van der Waals surface area contributed by atoms with Gasteiger partial charge in [-0.3, -0.25) is 9.59 Å².